The predicted molar refractivity (Wildman–Crippen MR) is 86.3 cm³/mol. The summed E-state index contributed by atoms with van der Waals surface area (Å²) in [5, 5.41) is 1.75. The highest BCUT2D eigenvalue weighted by Crippen LogP contribution is 2.21. The molecule has 0 amide bonds. The van der Waals surface area contributed by atoms with E-state index in [-0.39, 0.29) is 23.7 Å². The SMILES string of the molecule is O=C(CSc1ccccc1F)OCc1cc(=O)n2ccsc2n1. The summed E-state index contributed by atoms with van der Waals surface area (Å²) in [7, 11) is 0. The lowest BCUT2D eigenvalue weighted by Gasteiger charge is -2.05. The van der Waals surface area contributed by atoms with Crippen molar-refractivity contribution in [3.63, 3.8) is 0 Å². The van der Waals surface area contributed by atoms with Crippen LogP contribution < -0.4 is 5.56 Å². The number of hydrogen-bond donors (Lipinski definition) is 0. The van der Waals surface area contributed by atoms with Gasteiger partial charge < -0.3 is 4.74 Å². The normalized spacial score (nSPS) is 10.8. The lowest BCUT2D eigenvalue weighted by atomic mass is 10.3. The van der Waals surface area contributed by atoms with Gasteiger partial charge in [-0.15, -0.1) is 23.1 Å². The summed E-state index contributed by atoms with van der Waals surface area (Å²) in [6, 6.07) is 7.55. The average molecular weight is 350 g/mol. The van der Waals surface area contributed by atoms with E-state index >= 15 is 0 Å². The Bertz CT molecular complexity index is 907. The zero-order chi connectivity index (χ0) is 16.2. The van der Waals surface area contributed by atoms with Gasteiger partial charge in [-0.05, 0) is 12.1 Å². The minimum Gasteiger partial charge on any atom is -0.459 e. The molecule has 5 nitrogen and oxygen atoms in total. The van der Waals surface area contributed by atoms with Crippen LogP contribution in [0.2, 0.25) is 0 Å². The molecule has 0 aliphatic carbocycles. The number of carbonyl (C=O) groups excluding carboxylic acids is 1. The van der Waals surface area contributed by atoms with E-state index in [2.05, 4.69) is 4.98 Å². The fourth-order valence-electron chi connectivity index (χ4n) is 1.86. The zero-order valence-electron chi connectivity index (χ0n) is 11.8. The van der Waals surface area contributed by atoms with Crippen molar-refractivity contribution in [3.05, 3.63) is 63.8 Å². The monoisotopic (exact) mass is 350 g/mol. The van der Waals surface area contributed by atoms with Crippen molar-refractivity contribution in [1.82, 2.24) is 9.38 Å². The number of nitrogens with zero attached hydrogens (tertiary/aromatic N) is 2. The molecule has 8 heteroatoms. The maximum atomic E-state index is 13.4. The summed E-state index contributed by atoms with van der Waals surface area (Å²) in [6.45, 7) is -0.0830. The zero-order valence-corrected chi connectivity index (χ0v) is 13.4. The van der Waals surface area contributed by atoms with Crippen LogP contribution in [0.15, 0.2) is 51.6 Å². The molecule has 0 aliphatic heterocycles. The van der Waals surface area contributed by atoms with Crippen molar-refractivity contribution in [2.75, 3.05) is 5.75 Å². The fourth-order valence-corrected chi connectivity index (χ4v) is 3.33. The molecule has 1 aromatic carbocycles. The van der Waals surface area contributed by atoms with Gasteiger partial charge in [0, 0.05) is 22.5 Å². The molecule has 0 bridgehead atoms. The van der Waals surface area contributed by atoms with E-state index in [4.69, 9.17) is 4.74 Å². The number of benzene rings is 1. The summed E-state index contributed by atoms with van der Waals surface area (Å²) < 4.78 is 19.9. The molecule has 3 rings (SSSR count). The second kappa shape index (κ2) is 6.93. The molecule has 23 heavy (non-hydrogen) atoms. The molecular formula is C15H11FN2O3S2. The third-order valence-electron chi connectivity index (χ3n) is 2.92. The Kier molecular flexibility index (Phi) is 4.73. The van der Waals surface area contributed by atoms with Crippen molar-refractivity contribution in [1.29, 1.82) is 0 Å². The number of thiazole rings is 1. The maximum absolute atomic E-state index is 13.4. The number of carbonyl (C=O) groups is 1. The van der Waals surface area contributed by atoms with E-state index in [1.165, 1.54) is 27.9 Å². The van der Waals surface area contributed by atoms with E-state index in [0.717, 1.165) is 11.8 Å². The summed E-state index contributed by atoms with van der Waals surface area (Å²) in [4.78, 5) is 28.7. The second-order valence-electron chi connectivity index (χ2n) is 4.52. The average Bonchev–Trinajstić information content (AvgIpc) is 3.01. The second-order valence-corrected chi connectivity index (χ2v) is 6.41. The molecule has 0 saturated heterocycles. The van der Waals surface area contributed by atoms with E-state index < -0.39 is 5.97 Å². The van der Waals surface area contributed by atoms with Crippen LogP contribution in [-0.2, 0) is 16.1 Å². The third kappa shape index (κ3) is 3.77. The van der Waals surface area contributed by atoms with Gasteiger partial charge >= 0.3 is 5.97 Å². The molecule has 2 aromatic heterocycles. The number of esters is 1. The highest BCUT2D eigenvalue weighted by Gasteiger charge is 2.09. The molecule has 0 unspecified atom stereocenters. The van der Waals surface area contributed by atoms with Crippen LogP contribution >= 0.6 is 23.1 Å². The van der Waals surface area contributed by atoms with Crippen LogP contribution in [0.4, 0.5) is 4.39 Å². The van der Waals surface area contributed by atoms with Crippen molar-refractivity contribution < 1.29 is 13.9 Å². The van der Waals surface area contributed by atoms with Crippen LogP contribution in [0.1, 0.15) is 5.69 Å². The van der Waals surface area contributed by atoms with Crippen LogP contribution in [0, 0.1) is 5.82 Å². The predicted octanol–water partition coefficient (Wildman–Crippen LogP) is 2.73. The number of rotatable bonds is 5. The van der Waals surface area contributed by atoms with Gasteiger partial charge in [-0.3, -0.25) is 14.0 Å². The summed E-state index contributed by atoms with van der Waals surface area (Å²) in [6.07, 6.45) is 1.64. The standard InChI is InChI=1S/C15H11FN2O3S2/c16-11-3-1-2-4-12(11)23-9-14(20)21-8-10-7-13(19)18-5-6-22-15(18)17-10/h1-7H,8-9H2. The topological polar surface area (TPSA) is 60.7 Å². The Morgan fingerprint density at radius 2 is 2.22 bits per heavy atom. The molecular weight excluding hydrogens is 339 g/mol. The van der Waals surface area contributed by atoms with Gasteiger partial charge in [0.05, 0.1) is 11.4 Å². The van der Waals surface area contributed by atoms with Gasteiger partial charge in [0.1, 0.15) is 12.4 Å². The van der Waals surface area contributed by atoms with Crippen molar-refractivity contribution in [2.45, 2.75) is 11.5 Å². The largest absolute Gasteiger partial charge is 0.459 e. The first-order valence-corrected chi connectivity index (χ1v) is 8.49. The first kappa shape index (κ1) is 15.7. The van der Waals surface area contributed by atoms with E-state index in [9.17, 15) is 14.0 Å². The molecule has 0 spiro atoms. The van der Waals surface area contributed by atoms with Crippen LogP contribution in [0.25, 0.3) is 4.96 Å². The smallest absolute Gasteiger partial charge is 0.316 e. The number of fused-ring (bicyclic) bond motifs is 1. The van der Waals surface area contributed by atoms with Crippen LogP contribution in [0.5, 0.6) is 0 Å². The number of hydrogen-bond acceptors (Lipinski definition) is 6. The molecule has 118 valence electrons. The van der Waals surface area contributed by atoms with Crippen molar-refractivity contribution >= 4 is 34.0 Å². The van der Waals surface area contributed by atoms with Gasteiger partial charge in [0.25, 0.3) is 5.56 Å². The first-order valence-electron chi connectivity index (χ1n) is 6.62. The molecule has 2 heterocycles. The molecule has 0 radical (unpaired) electrons. The molecule has 0 atom stereocenters. The van der Waals surface area contributed by atoms with Gasteiger partial charge in [0.2, 0.25) is 0 Å². The number of aromatic nitrogens is 2. The lowest BCUT2D eigenvalue weighted by Crippen LogP contribution is -2.15. The Labute approximate surface area is 138 Å². The number of halogens is 1. The summed E-state index contributed by atoms with van der Waals surface area (Å²) in [5.74, 6) is -0.879. The van der Waals surface area contributed by atoms with E-state index in [0.29, 0.717) is 15.6 Å². The number of thioether (sulfide) groups is 1. The molecule has 0 N–H and O–H groups in total. The van der Waals surface area contributed by atoms with E-state index in [1.807, 2.05) is 0 Å². The van der Waals surface area contributed by atoms with Crippen molar-refractivity contribution in [2.24, 2.45) is 0 Å². The highest BCUT2D eigenvalue weighted by atomic mass is 32.2. The highest BCUT2D eigenvalue weighted by molar-refractivity contribution is 8.00. The first-order chi connectivity index (χ1) is 11.1. The molecule has 0 saturated carbocycles. The third-order valence-corrected chi connectivity index (χ3v) is 4.70. The Hall–Kier alpha value is -2.19. The van der Waals surface area contributed by atoms with Gasteiger partial charge in [-0.2, -0.15) is 0 Å². The van der Waals surface area contributed by atoms with Gasteiger partial charge in [0.15, 0.2) is 4.96 Å². The molecule has 0 fully saturated rings. The minimum absolute atomic E-state index is 0.0127. The van der Waals surface area contributed by atoms with Gasteiger partial charge in [-0.25, -0.2) is 9.37 Å². The Morgan fingerprint density at radius 3 is 3.04 bits per heavy atom. The lowest BCUT2D eigenvalue weighted by molar-refractivity contribution is -0.141. The fraction of sp³-hybridized carbons (Fsp3) is 0.133. The Morgan fingerprint density at radius 1 is 1.39 bits per heavy atom. The maximum Gasteiger partial charge on any atom is 0.316 e. The van der Waals surface area contributed by atoms with Crippen LogP contribution in [-0.4, -0.2) is 21.1 Å². The van der Waals surface area contributed by atoms with E-state index in [1.54, 1.807) is 29.8 Å². The summed E-state index contributed by atoms with van der Waals surface area (Å²) >= 11 is 2.39. The summed E-state index contributed by atoms with van der Waals surface area (Å²) in [5.41, 5.74) is 0.171. The Balaban J connectivity index is 1.58. The minimum atomic E-state index is -0.494. The molecule has 3 aromatic rings. The quantitative estimate of drug-likeness (QED) is 0.523. The number of ether oxygens (including phenoxy) is 1. The molecule has 0 aliphatic rings. The van der Waals surface area contributed by atoms with Crippen LogP contribution in [0.3, 0.4) is 0 Å². The van der Waals surface area contributed by atoms with Gasteiger partial charge in [-0.1, -0.05) is 12.1 Å². The van der Waals surface area contributed by atoms with Crippen molar-refractivity contribution in [3.8, 4) is 0 Å².